The van der Waals surface area contributed by atoms with Crippen LogP contribution in [0, 0.1) is 5.92 Å². The predicted molar refractivity (Wildman–Crippen MR) is 69.7 cm³/mol. The number of hydrogen-bond donors (Lipinski definition) is 1. The number of rotatable bonds is 6. The summed E-state index contributed by atoms with van der Waals surface area (Å²) in [5.74, 6) is 1.72. The normalized spacial score (nSPS) is 10.8. The highest BCUT2D eigenvalue weighted by Gasteiger charge is 2.05. The minimum absolute atomic E-state index is 0.657. The lowest BCUT2D eigenvalue weighted by Gasteiger charge is -2.20. The Morgan fingerprint density at radius 2 is 2.19 bits per heavy atom. The van der Waals surface area contributed by atoms with Gasteiger partial charge < -0.3 is 10.2 Å². The lowest BCUT2D eigenvalue weighted by atomic mass is 10.2. The zero-order valence-electron chi connectivity index (χ0n) is 10.8. The molecular weight excluding hydrogens is 198 g/mol. The molecule has 16 heavy (non-hydrogen) atoms. The Bertz CT molecular complexity index is 310. The van der Waals surface area contributed by atoms with Crippen molar-refractivity contribution in [1.82, 2.24) is 10.3 Å². The molecule has 1 aromatic heterocycles. The molecule has 0 bridgehead atoms. The maximum Gasteiger partial charge on any atom is 0.128 e. The molecule has 0 fully saturated rings. The lowest BCUT2D eigenvalue weighted by Crippen LogP contribution is -2.23. The van der Waals surface area contributed by atoms with E-state index in [9.17, 15) is 0 Å². The topological polar surface area (TPSA) is 28.2 Å². The highest BCUT2D eigenvalue weighted by atomic mass is 15.2. The number of aromatic nitrogens is 1. The molecule has 1 rings (SSSR count). The standard InChI is InChI=1S/C13H23N3/c1-5-14-9-12-6-7-15-13(8-12)16(4)10-11(2)3/h6-8,11,14H,5,9-10H2,1-4H3. The summed E-state index contributed by atoms with van der Waals surface area (Å²) in [5, 5.41) is 3.33. The van der Waals surface area contributed by atoms with E-state index in [4.69, 9.17) is 0 Å². The Morgan fingerprint density at radius 1 is 1.44 bits per heavy atom. The fraction of sp³-hybridized carbons (Fsp3) is 0.615. The second kappa shape index (κ2) is 6.48. The van der Waals surface area contributed by atoms with Crippen LogP contribution >= 0.6 is 0 Å². The van der Waals surface area contributed by atoms with Gasteiger partial charge in [0.15, 0.2) is 0 Å². The van der Waals surface area contributed by atoms with Crippen molar-refractivity contribution in [3.63, 3.8) is 0 Å². The van der Waals surface area contributed by atoms with Crippen LogP contribution in [0.4, 0.5) is 5.82 Å². The number of nitrogens with one attached hydrogen (secondary N) is 1. The summed E-state index contributed by atoms with van der Waals surface area (Å²) in [5.41, 5.74) is 1.29. The van der Waals surface area contributed by atoms with Gasteiger partial charge in [0.25, 0.3) is 0 Å². The summed E-state index contributed by atoms with van der Waals surface area (Å²) in [6.45, 7) is 9.52. The molecule has 0 atom stereocenters. The molecule has 0 saturated heterocycles. The number of anilines is 1. The van der Waals surface area contributed by atoms with E-state index in [2.05, 4.69) is 55.2 Å². The summed E-state index contributed by atoms with van der Waals surface area (Å²) >= 11 is 0. The van der Waals surface area contributed by atoms with E-state index in [1.165, 1.54) is 5.56 Å². The SMILES string of the molecule is CCNCc1ccnc(N(C)CC(C)C)c1. The molecule has 0 aliphatic heterocycles. The Morgan fingerprint density at radius 3 is 2.81 bits per heavy atom. The number of hydrogen-bond acceptors (Lipinski definition) is 3. The van der Waals surface area contributed by atoms with Gasteiger partial charge in [0.1, 0.15) is 5.82 Å². The molecule has 1 aromatic rings. The molecule has 0 unspecified atom stereocenters. The average molecular weight is 221 g/mol. The molecule has 1 N–H and O–H groups in total. The van der Waals surface area contributed by atoms with Crippen molar-refractivity contribution in [3.05, 3.63) is 23.9 Å². The zero-order valence-corrected chi connectivity index (χ0v) is 10.8. The van der Waals surface area contributed by atoms with Gasteiger partial charge in [-0.3, -0.25) is 0 Å². The third kappa shape index (κ3) is 4.19. The molecule has 0 aliphatic rings. The molecule has 0 radical (unpaired) electrons. The first kappa shape index (κ1) is 13.0. The summed E-state index contributed by atoms with van der Waals surface area (Å²) in [4.78, 5) is 6.61. The first-order valence-electron chi connectivity index (χ1n) is 6.00. The van der Waals surface area contributed by atoms with Crippen molar-refractivity contribution < 1.29 is 0 Å². The summed E-state index contributed by atoms with van der Waals surface area (Å²) < 4.78 is 0. The first-order valence-corrected chi connectivity index (χ1v) is 6.00. The molecule has 3 nitrogen and oxygen atoms in total. The van der Waals surface area contributed by atoms with Crippen molar-refractivity contribution in [2.75, 3.05) is 25.0 Å². The van der Waals surface area contributed by atoms with Gasteiger partial charge in [0.05, 0.1) is 0 Å². The van der Waals surface area contributed by atoms with Crippen LogP contribution in [0.25, 0.3) is 0 Å². The number of nitrogens with zero attached hydrogens (tertiary/aromatic N) is 2. The molecule has 0 amide bonds. The smallest absolute Gasteiger partial charge is 0.128 e. The van der Waals surface area contributed by atoms with Gasteiger partial charge in [0, 0.05) is 26.3 Å². The van der Waals surface area contributed by atoms with Crippen LogP contribution in [-0.4, -0.2) is 25.1 Å². The molecule has 0 spiro atoms. The second-order valence-corrected chi connectivity index (χ2v) is 4.58. The molecule has 0 aromatic carbocycles. The van der Waals surface area contributed by atoms with Gasteiger partial charge in [-0.05, 0) is 30.2 Å². The number of pyridine rings is 1. The second-order valence-electron chi connectivity index (χ2n) is 4.58. The maximum atomic E-state index is 4.40. The molecule has 90 valence electrons. The van der Waals surface area contributed by atoms with Crippen LogP contribution in [0.2, 0.25) is 0 Å². The minimum atomic E-state index is 0.657. The Hall–Kier alpha value is -1.09. The molecular formula is C13H23N3. The Labute approximate surface area is 98.9 Å². The Balaban J connectivity index is 2.65. The minimum Gasteiger partial charge on any atom is -0.359 e. The van der Waals surface area contributed by atoms with Crippen LogP contribution in [0.3, 0.4) is 0 Å². The van der Waals surface area contributed by atoms with Crippen molar-refractivity contribution in [1.29, 1.82) is 0 Å². The van der Waals surface area contributed by atoms with Gasteiger partial charge >= 0.3 is 0 Å². The third-order valence-corrected chi connectivity index (χ3v) is 2.42. The van der Waals surface area contributed by atoms with E-state index in [0.29, 0.717) is 5.92 Å². The van der Waals surface area contributed by atoms with E-state index in [1.54, 1.807) is 0 Å². The first-order chi connectivity index (χ1) is 7.63. The summed E-state index contributed by atoms with van der Waals surface area (Å²) in [6, 6.07) is 4.22. The van der Waals surface area contributed by atoms with Gasteiger partial charge in [-0.2, -0.15) is 0 Å². The van der Waals surface area contributed by atoms with Gasteiger partial charge in [0.2, 0.25) is 0 Å². The van der Waals surface area contributed by atoms with Crippen molar-refractivity contribution in [2.24, 2.45) is 5.92 Å². The van der Waals surface area contributed by atoms with Gasteiger partial charge in [-0.1, -0.05) is 20.8 Å². The monoisotopic (exact) mass is 221 g/mol. The van der Waals surface area contributed by atoms with Crippen LogP contribution in [0.5, 0.6) is 0 Å². The van der Waals surface area contributed by atoms with Crippen molar-refractivity contribution in [3.8, 4) is 0 Å². The van der Waals surface area contributed by atoms with Gasteiger partial charge in [-0.25, -0.2) is 4.98 Å². The lowest BCUT2D eigenvalue weighted by molar-refractivity contribution is 0.634. The summed E-state index contributed by atoms with van der Waals surface area (Å²) in [7, 11) is 2.10. The van der Waals surface area contributed by atoms with Gasteiger partial charge in [-0.15, -0.1) is 0 Å². The van der Waals surface area contributed by atoms with Crippen LogP contribution in [-0.2, 0) is 6.54 Å². The van der Waals surface area contributed by atoms with Crippen molar-refractivity contribution in [2.45, 2.75) is 27.3 Å². The van der Waals surface area contributed by atoms with E-state index in [1.807, 2.05) is 6.20 Å². The van der Waals surface area contributed by atoms with Crippen LogP contribution in [0.15, 0.2) is 18.3 Å². The molecule has 0 aliphatic carbocycles. The average Bonchev–Trinajstić information content (AvgIpc) is 2.26. The van der Waals surface area contributed by atoms with E-state index in [-0.39, 0.29) is 0 Å². The highest BCUT2D eigenvalue weighted by Crippen LogP contribution is 2.12. The van der Waals surface area contributed by atoms with E-state index < -0.39 is 0 Å². The molecule has 3 heteroatoms. The maximum absolute atomic E-state index is 4.40. The third-order valence-electron chi connectivity index (χ3n) is 2.42. The zero-order chi connectivity index (χ0) is 12.0. The van der Waals surface area contributed by atoms with Crippen LogP contribution < -0.4 is 10.2 Å². The van der Waals surface area contributed by atoms with E-state index >= 15 is 0 Å². The van der Waals surface area contributed by atoms with Crippen LogP contribution in [0.1, 0.15) is 26.3 Å². The van der Waals surface area contributed by atoms with Crippen molar-refractivity contribution >= 4 is 5.82 Å². The molecule has 1 heterocycles. The largest absolute Gasteiger partial charge is 0.359 e. The fourth-order valence-electron chi connectivity index (χ4n) is 1.69. The Kier molecular flexibility index (Phi) is 5.26. The van der Waals surface area contributed by atoms with E-state index in [0.717, 1.165) is 25.5 Å². The summed E-state index contributed by atoms with van der Waals surface area (Å²) in [6.07, 6.45) is 1.89. The molecule has 0 saturated carbocycles. The quantitative estimate of drug-likeness (QED) is 0.799. The fourth-order valence-corrected chi connectivity index (χ4v) is 1.69. The predicted octanol–water partition coefficient (Wildman–Crippen LogP) is 2.28. The highest BCUT2D eigenvalue weighted by molar-refractivity contribution is 5.40.